The summed E-state index contributed by atoms with van der Waals surface area (Å²) in [6.45, 7) is 1.69. The number of halogens is 2. The third kappa shape index (κ3) is 3.26. The maximum Gasteiger partial charge on any atom is 0.228 e. The number of carbonyl (C=O) groups is 1. The largest absolute Gasteiger partial charge is 0.326 e. The minimum absolute atomic E-state index is 0.00397. The average Bonchev–Trinajstić information content (AvgIpc) is 2.35. The van der Waals surface area contributed by atoms with E-state index in [0.717, 1.165) is 19.4 Å². The second kappa shape index (κ2) is 5.60. The number of piperidine rings is 1. The minimum Gasteiger partial charge on any atom is -0.326 e. The molecule has 2 N–H and O–H groups in total. The summed E-state index contributed by atoms with van der Waals surface area (Å²) in [5, 5.41) is 6.00. The smallest absolute Gasteiger partial charge is 0.228 e. The molecule has 5 heteroatoms. The molecule has 1 saturated heterocycles. The highest BCUT2D eigenvalue weighted by molar-refractivity contribution is 9.10. The van der Waals surface area contributed by atoms with Gasteiger partial charge in [0.2, 0.25) is 5.91 Å². The first-order valence-corrected chi connectivity index (χ1v) is 6.43. The number of nitrogens with one attached hydrogen (secondary N) is 2. The van der Waals surface area contributed by atoms with Gasteiger partial charge in [-0.3, -0.25) is 4.79 Å². The van der Waals surface area contributed by atoms with Crippen LogP contribution in [0.3, 0.4) is 0 Å². The van der Waals surface area contributed by atoms with E-state index in [1.54, 1.807) is 12.1 Å². The lowest BCUT2D eigenvalue weighted by atomic mass is 9.99. The molecule has 0 bridgehead atoms. The van der Waals surface area contributed by atoms with Crippen LogP contribution in [0.2, 0.25) is 0 Å². The molecule has 1 fully saturated rings. The molecule has 1 heterocycles. The van der Waals surface area contributed by atoms with Gasteiger partial charge in [-0.15, -0.1) is 0 Å². The van der Waals surface area contributed by atoms with Gasteiger partial charge >= 0.3 is 0 Å². The van der Waals surface area contributed by atoms with Crippen LogP contribution in [0.15, 0.2) is 22.7 Å². The third-order valence-electron chi connectivity index (χ3n) is 2.85. The van der Waals surface area contributed by atoms with Crippen LogP contribution in [-0.4, -0.2) is 19.0 Å². The minimum atomic E-state index is -0.331. The van der Waals surface area contributed by atoms with Crippen molar-refractivity contribution in [1.82, 2.24) is 5.32 Å². The summed E-state index contributed by atoms with van der Waals surface area (Å²) in [5.41, 5.74) is 0.619. The second-order valence-corrected chi connectivity index (χ2v) is 5.02. The predicted molar refractivity (Wildman–Crippen MR) is 68.3 cm³/mol. The van der Waals surface area contributed by atoms with E-state index < -0.39 is 0 Å². The van der Waals surface area contributed by atoms with Gasteiger partial charge < -0.3 is 10.6 Å². The van der Waals surface area contributed by atoms with E-state index >= 15 is 0 Å². The second-order valence-electron chi connectivity index (χ2n) is 4.16. The molecular formula is C12H14BrFN2O. The summed E-state index contributed by atoms with van der Waals surface area (Å²) in [6.07, 6.45) is 1.92. The Morgan fingerprint density at radius 3 is 3.00 bits per heavy atom. The summed E-state index contributed by atoms with van der Waals surface area (Å²) < 4.78 is 13.4. The molecule has 0 radical (unpaired) electrons. The Bertz CT molecular complexity index is 419. The van der Waals surface area contributed by atoms with E-state index in [0.29, 0.717) is 16.7 Å². The predicted octanol–water partition coefficient (Wildman–Crippen LogP) is 2.53. The standard InChI is InChI=1S/C12H14BrFN2O/c13-10-6-9(3-4-11(10)14)16-12(17)8-2-1-5-15-7-8/h3-4,6,8,15H,1-2,5,7H2,(H,16,17)/t8-/m0/s1. The topological polar surface area (TPSA) is 41.1 Å². The fourth-order valence-corrected chi connectivity index (χ4v) is 2.27. The van der Waals surface area contributed by atoms with E-state index in [9.17, 15) is 9.18 Å². The number of carbonyl (C=O) groups excluding carboxylic acids is 1. The number of anilines is 1. The normalized spacial score (nSPS) is 20.0. The van der Waals surface area contributed by atoms with Gasteiger partial charge in [0.1, 0.15) is 5.82 Å². The molecule has 92 valence electrons. The Labute approximate surface area is 108 Å². The first-order valence-electron chi connectivity index (χ1n) is 5.63. The zero-order valence-corrected chi connectivity index (χ0v) is 10.9. The molecule has 1 aromatic carbocycles. The summed E-state index contributed by atoms with van der Waals surface area (Å²) >= 11 is 3.09. The molecule has 1 aliphatic heterocycles. The van der Waals surface area contributed by atoms with Crippen LogP contribution in [0.5, 0.6) is 0 Å². The molecule has 0 saturated carbocycles. The van der Waals surface area contributed by atoms with Gasteiger partial charge in [0.25, 0.3) is 0 Å². The fraction of sp³-hybridized carbons (Fsp3) is 0.417. The van der Waals surface area contributed by atoms with Crippen LogP contribution >= 0.6 is 15.9 Å². The molecule has 3 nitrogen and oxygen atoms in total. The number of benzene rings is 1. The number of rotatable bonds is 2. The first kappa shape index (κ1) is 12.5. The van der Waals surface area contributed by atoms with Crippen LogP contribution in [0, 0.1) is 11.7 Å². The average molecular weight is 301 g/mol. The van der Waals surface area contributed by atoms with Crippen molar-refractivity contribution < 1.29 is 9.18 Å². The molecule has 1 aromatic rings. The highest BCUT2D eigenvalue weighted by Crippen LogP contribution is 2.21. The molecule has 0 spiro atoms. The van der Waals surface area contributed by atoms with E-state index in [4.69, 9.17) is 0 Å². The van der Waals surface area contributed by atoms with Crippen molar-refractivity contribution in [2.45, 2.75) is 12.8 Å². The monoisotopic (exact) mass is 300 g/mol. The Balaban J connectivity index is 1.99. The van der Waals surface area contributed by atoms with E-state index in [1.165, 1.54) is 6.07 Å². The van der Waals surface area contributed by atoms with E-state index in [1.807, 2.05) is 0 Å². The Kier molecular flexibility index (Phi) is 4.12. The van der Waals surface area contributed by atoms with Gasteiger partial charge in [0.15, 0.2) is 0 Å². The maximum atomic E-state index is 13.0. The van der Waals surface area contributed by atoms with Crippen LogP contribution in [-0.2, 0) is 4.79 Å². The Morgan fingerprint density at radius 1 is 1.53 bits per heavy atom. The molecule has 0 unspecified atom stereocenters. The SMILES string of the molecule is O=C(Nc1ccc(F)c(Br)c1)[C@H]1CCCNC1. The Hall–Kier alpha value is -0.940. The number of hydrogen-bond acceptors (Lipinski definition) is 2. The summed E-state index contributed by atoms with van der Waals surface area (Å²) in [7, 11) is 0. The summed E-state index contributed by atoms with van der Waals surface area (Å²) in [4.78, 5) is 11.9. The van der Waals surface area contributed by atoms with Crippen LogP contribution < -0.4 is 10.6 Å². The van der Waals surface area contributed by atoms with Gasteiger partial charge in [-0.25, -0.2) is 4.39 Å². The molecule has 17 heavy (non-hydrogen) atoms. The highest BCUT2D eigenvalue weighted by Gasteiger charge is 2.20. The van der Waals surface area contributed by atoms with E-state index in [2.05, 4.69) is 26.6 Å². The third-order valence-corrected chi connectivity index (χ3v) is 3.46. The van der Waals surface area contributed by atoms with Gasteiger partial charge in [-0.1, -0.05) is 0 Å². The van der Waals surface area contributed by atoms with Gasteiger partial charge in [-0.05, 0) is 53.5 Å². The lowest BCUT2D eigenvalue weighted by Crippen LogP contribution is -2.37. The van der Waals surface area contributed by atoms with Crippen LogP contribution in [0.25, 0.3) is 0 Å². The summed E-state index contributed by atoms with van der Waals surface area (Å²) in [6, 6.07) is 4.47. The van der Waals surface area contributed by atoms with Crippen molar-refractivity contribution >= 4 is 27.5 Å². The van der Waals surface area contributed by atoms with Crippen molar-refractivity contribution in [3.05, 3.63) is 28.5 Å². The molecular weight excluding hydrogens is 287 g/mol. The van der Waals surface area contributed by atoms with Gasteiger partial charge in [0.05, 0.1) is 10.4 Å². The van der Waals surface area contributed by atoms with Crippen molar-refractivity contribution in [2.24, 2.45) is 5.92 Å². The van der Waals surface area contributed by atoms with Gasteiger partial charge in [0, 0.05) is 12.2 Å². The van der Waals surface area contributed by atoms with Gasteiger partial charge in [-0.2, -0.15) is 0 Å². The molecule has 1 amide bonds. The zero-order valence-electron chi connectivity index (χ0n) is 9.30. The highest BCUT2D eigenvalue weighted by atomic mass is 79.9. The first-order chi connectivity index (χ1) is 8.16. The fourth-order valence-electron chi connectivity index (χ4n) is 1.89. The van der Waals surface area contributed by atoms with Crippen LogP contribution in [0.4, 0.5) is 10.1 Å². The molecule has 2 rings (SSSR count). The molecule has 1 aliphatic rings. The zero-order chi connectivity index (χ0) is 12.3. The lowest BCUT2D eigenvalue weighted by molar-refractivity contribution is -0.120. The van der Waals surface area contributed by atoms with Crippen molar-refractivity contribution in [2.75, 3.05) is 18.4 Å². The van der Waals surface area contributed by atoms with Crippen LogP contribution in [0.1, 0.15) is 12.8 Å². The molecule has 0 aromatic heterocycles. The van der Waals surface area contributed by atoms with Crippen molar-refractivity contribution in [1.29, 1.82) is 0 Å². The summed E-state index contributed by atoms with van der Waals surface area (Å²) in [5.74, 6) is -0.328. The lowest BCUT2D eigenvalue weighted by Gasteiger charge is -2.21. The molecule has 1 atom stereocenters. The number of amides is 1. The van der Waals surface area contributed by atoms with E-state index in [-0.39, 0.29) is 17.6 Å². The number of hydrogen-bond donors (Lipinski definition) is 2. The van der Waals surface area contributed by atoms with Crippen molar-refractivity contribution in [3.8, 4) is 0 Å². The quantitative estimate of drug-likeness (QED) is 0.881. The van der Waals surface area contributed by atoms with Crippen molar-refractivity contribution in [3.63, 3.8) is 0 Å². The maximum absolute atomic E-state index is 13.0. The molecule has 0 aliphatic carbocycles. The Morgan fingerprint density at radius 2 is 2.35 bits per heavy atom.